The highest BCUT2D eigenvalue weighted by Gasteiger charge is 2.22. The average Bonchev–Trinajstić information content (AvgIpc) is 2.71. The van der Waals surface area contributed by atoms with Gasteiger partial charge in [0.1, 0.15) is 11.5 Å². The molecule has 0 fully saturated rings. The van der Waals surface area contributed by atoms with Crippen molar-refractivity contribution in [3.05, 3.63) is 76.9 Å². The van der Waals surface area contributed by atoms with E-state index in [9.17, 15) is 0 Å². The van der Waals surface area contributed by atoms with Crippen LogP contribution in [0.25, 0.3) is 11.3 Å². The second-order valence-electron chi connectivity index (χ2n) is 4.57. The Morgan fingerprint density at radius 1 is 0.810 bits per heavy atom. The highest BCUT2D eigenvalue weighted by molar-refractivity contribution is 8.02. The van der Waals surface area contributed by atoms with Gasteiger partial charge in [-0.1, -0.05) is 60.3 Å². The molecule has 0 unspecified atom stereocenters. The number of ether oxygens (including phenoxy) is 2. The number of fused-ring (bicyclic) bond motifs is 1. The Kier molecular flexibility index (Phi) is 4.02. The van der Waals surface area contributed by atoms with Crippen molar-refractivity contribution in [3.8, 4) is 0 Å². The largest absolute Gasteiger partial charge is 0.495 e. The number of rotatable bonds is 3. The summed E-state index contributed by atoms with van der Waals surface area (Å²) >= 11 is 1.65. The van der Waals surface area contributed by atoms with Crippen molar-refractivity contribution >= 4 is 23.1 Å². The third-order valence-electron chi connectivity index (χ3n) is 3.38. The lowest BCUT2D eigenvalue weighted by Gasteiger charge is -2.16. The molecule has 0 aromatic heterocycles. The summed E-state index contributed by atoms with van der Waals surface area (Å²) in [6, 6.07) is 18.4. The van der Waals surface area contributed by atoms with Crippen LogP contribution in [-0.2, 0) is 9.47 Å². The van der Waals surface area contributed by atoms with E-state index in [2.05, 4.69) is 24.3 Å². The molecule has 0 bridgehead atoms. The van der Waals surface area contributed by atoms with Gasteiger partial charge in [-0.05, 0) is 11.6 Å². The fourth-order valence-corrected chi connectivity index (χ4v) is 3.31. The van der Waals surface area contributed by atoms with E-state index < -0.39 is 0 Å². The first-order chi connectivity index (χ1) is 10.3. The first-order valence-corrected chi connectivity index (χ1v) is 7.57. The molecule has 2 aromatic carbocycles. The first kappa shape index (κ1) is 13.8. The highest BCUT2D eigenvalue weighted by Crippen LogP contribution is 2.41. The zero-order valence-electron chi connectivity index (χ0n) is 12.0. The van der Waals surface area contributed by atoms with Gasteiger partial charge in [-0.25, -0.2) is 0 Å². The summed E-state index contributed by atoms with van der Waals surface area (Å²) in [7, 11) is 3.40. The van der Waals surface area contributed by atoms with Crippen LogP contribution in [0.1, 0.15) is 11.1 Å². The molecule has 0 atom stereocenters. The van der Waals surface area contributed by atoms with E-state index in [0.29, 0.717) is 0 Å². The van der Waals surface area contributed by atoms with Gasteiger partial charge >= 0.3 is 0 Å². The van der Waals surface area contributed by atoms with Crippen LogP contribution >= 0.6 is 11.8 Å². The summed E-state index contributed by atoms with van der Waals surface area (Å²) < 4.78 is 11.3. The maximum absolute atomic E-state index is 5.74. The van der Waals surface area contributed by atoms with Gasteiger partial charge in [0, 0.05) is 15.9 Å². The van der Waals surface area contributed by atoms with Gasteiger partial charge in [-0.2, -0.15) is 0 Å². The SMILES string of the molecule is COC1=CSc2ccccc2C(OC)=C1c1ccccc1. The molecule has 3 rings (SSSR count). The van der Waals surface area contributed by atoms with Crippen LogP contribution in [-0.4, -0.2) is 14.2 Å². The molecule has 2 aromatic rings. The Morgan fingerprint density at radius 3 is 2.24 bits per heavy atom. The smallest absolute Gasteiger partial charge is 0.138 e. The van der Waals surface area contributed by atoms with Gasteiger partial charge in [0.05, 0.1) is 19.8 Å². The summed E-state index contributed by atoms with van der Waals surface area (Å²) in [5, 5.41) is 2.03. The normalized spacial score (nSPS) is 14.1. The summed E-state index contributed by atoms with van der Waals surface area (Å²) in [4.78, 5) is 1.16. The third-order valence-corrected chi connectivity index (χ3v) is 4.33. The van der Waals surface area contributed by atoms with E-state index in [1.54, 1.807) is 26.0 Å². The predicted molar refractivity (Wildman–Crippen MR) is 87.7 cm³/mol. The van der Waals surface area contributed by atoms with Crippen molar-refractivity contribution in [1.82, 2.24) is 0 Å². The number of benzene rings is 2. The van der Waals surface area contributed by atoms with Crippen molar-refractivity contribution in [2.24, 2.45) is 0 Å². The van der Waals surface area contributed by atoms with Crippen LogP contribution in [0.15, 0.2) is 70.7 Å². The van der Waals surface area contributed by atoms with Gasteiger partial charge in [0.25, 0.3) is 0 Å². The quantitative estimate of drug-likeness (QED) is 0.811. The minimum Gasteiger partial charge on any atom is -0.495 e. The second-order valence-corrected chi connectivity index (χ2v) is 5.49. The van der Waals surface area contributed by atoms with Gasteiger partial charge in [-0.15, -0.1) is 0 Å². The van der Waals surface area contributed by atoms with Crippen LogP contribution in [0.2, 0.25) is 0 Å². The number of hydrogen-bond acceptors (Lipinski definition) is 3. The van der Waals surface area contributed by atoms with Crippen LogP contribution in [0, 0.1) is 0 Å². The van der Waals surface area contributed by atoms with Gasteiger partial charge in [-0.3, -0.25) is 0 Å². The van der Waals surface area contributed by atoms with Crippen molar-refractivity contribution in [2.45, 2.75) is 4.90 Å². The van der Waals surface area contributed by atoms with Gasteiger partial charge < -0.3 is 9.47 Å². The zero-order chi connectivity index (χ0) is 14.7. The molecule has 106 valence electrons. The van der Waals surface area contributed by atoms with E-state index in [-0.39, 0.29) is 0 Å². The topological polar surface area (TPSA) is 18.5 Å². The molecule has 0 saturated carbocycles. The third kappa shape index (κ3) is 2.57. The molecule has 1 aliphatic heterocycles. The Balaban J connectivity index is 2.30. The minimum absolute atomic E-state index is 0.819. The molecular formula is C18H16O2S. The van der Waals surface area contributed by atoms with Crippen LogP contribution < -0.4 is 0 Å². The summed E-state index contributed by atoms with van der Waals surface area (Å²) in [5.41, 5.74) is 3.16. The van der Waals surface area contributed by atoms with E-state index in [1.807, 2.05) is 35.7 Å². The lowest BCUT2D eigenvalue weighted by Crippen LogP contribution is -1.98. The number of methoxy groups -OCH3 is 2. The molecule has 2 nitrogen and oxygen atoms in total. The maximum atomic E-state index is 5.74. The van der Waals surface area contributed by atoms with Crippen LogP contribution in [0.4, 0.5) is 0 Å². The number of allylic oxidation sites excluding steroid dienone is 1. The van der Waals surface area contributed by atoms with Crippen LogP contribution in [0.3, 0.4) is 0 Å². The minimum atomic E-state index is 0.819. The van der Waals surface area contributed by atoms with Crippen molar-refractivity contribution in [1.29, 1.82) is 0 Å². The predicted octanol–water partition coefficient (Wildman–Crippen LogP) is 4.79. The summed E-state index contributed by atoms with van der Waals surface area (Å²) in [6.45, 7) is 0. The molecule has 1 heterocycles. The Bertz CT molecular complexity index is 702. The first-order valence-electron chi connectivity index (χ1n) is 6.69. The molecule has 0 radical (unpaired) electrons. The molecule has 0 amide bonds. The van der Waals surface area contributed by atoms with Crippen LogP contribution in [0.5, 0.6) is 0 Å². The number of thioether (sulfide) groups is 1. The lowest BCUT2D eigenvalue weighted by atomic mass is 9.99. The van der Waals surface area contributed by atoms with Crippen molar-refractivity contribution < 1.29 is 9.47 Å². The molecule has 21 heavy (non-hydrogen) atoms. The van der Waals surface area contributed by atoms with Crippen molar-refractivity contribution in [3.63, 3.8) is 0 Å². The zero-order valence-corrected chi connectivity index (χ0v) is 12.8. The Morgan fingerprint density at radius 2 is 1.52 bits per heavy atom. The standard InChI is InChI=1S/C18H16O2S/c1-19-15-12-21-16-11-7-6-10-14(16)18(20-2)17(15)13-8-4-3-5-9-13/h3-12H,1-2H3. The fraction of sp³-hybridized carbons (Fsp3) is 0.111. The van der Waals surface area contributed by atoms with E-state index >= 15 is 0 Å². The van der Waals surface area contributed by atoms with Gasteiger partial charge in [0.2, 0.25) is 0 Å². The van der Waals surface area contributed by atoms with Crippen molar-refractivity contribution in [2.75, 3.05) is 14.2 Å². The average molecular weight is 296 g/mol. The maximum Gasteiger partial charge on any atom is 0.138 e. The molecule has 0 aliphatic carbocycles. The monoisotopic (exact) mass is 296 g/mol. The number of hydrogen-bond donors (Lipinski definition) is 0. The Hall–Kier alpha value is -2.13. The van der Waals surface area contributed by atoms with E-state index in [0.717, 1.165) is 33.1 Å². The molecule has 0 spiro atoms. The Labute approximate surface area is 129 Å². The highest BCUT2D eigenvalue weighted by atomic mass is 32.2. The molecule has 3 heteroatoms. The van der Waals surface area contributed by atoms with E-state index in [4.69, 9.17) is 9.47 Å². The summed E-state index contributed by atoms with van der Waals surface area (Å²) in [6.07, 6.45) is 0. The summed E-state index contributed by atoms with van der Waals surface area (Å²) in [5.74, 6) is 1.66. The molecular weight excluding hydrogens is 280 g/mol. The molecule has 0 saturated heterocycles. The fourth-order valence-electron chi connectivity index (χ4n) is 2.42. The molecule has 1 aliphatic rings. The molecule has 0 N–H and O–H groups in total. The lowest BCUT2D eigenvalue weighted by molar-refractivity contribution is 0.309. The van der Waals surface area contributed by atoms with Gasteiger partial charge in [0.15, 0.2) is 0 Å². The van der Waals surface area contributed by atoms with E-state index in [1.165, 1.54) is 0 Å². The second kappa shape index (κ2) is 6.10.